The van der Waals surface area contributed by atoms with Crippen molar-refractivity contribution in [1.29, 1.82) is 0 Å². The molecule has 1 aliphatic carbocycles. The number of carbonyl (C=O) groups is 2. The normalized spacial score (nSPS) is 14.9. The Morgan fingerprint density at radius 1 is 1.18 bits per heavy atom. The minimum absolute atomic E-state index is 0.0520. The van der Waals surface area contributed by atoms with Gasteiger partial charge in [-0.15, -0.1) is 0 Å². The van der Waals surface area contributed by atoms with E-state index in [1.807, 2.05) is 0 Å². The number of rotatable bonds is 4. The molecule has 0 unspecified atom stereocenters. The average Bonchev–Trinajstić information content (AvgIpc) is 2.95. The number of nitrogens with one attached hydrogen (secondary N) is 1. The average molecular weight is 314 g/mol. The quantitative estimate of drug-likeness (QED) is 0.868. The van der Waals surface area contributed by atoms with Gasteiger partial charge < -0.3 is 10.2 Å². The fraction of sp³-hybridized carbons (Fsp3) is 0.467. The first kappa shape index (κ1) is 16.3. The third-order valence-electron chi connectivity index (χ3n) is 3.71. The zero-order valence-corrected chi connectivity index (χ0v) is 12.2. The molecule has 0 radical (unpaired) electrons. The molecule has 0 aliphatic heterocycles. The van der Waals surface area contributed by atoms with Gasteiger partial charge in [0.15, 0.2) is 17.5 Å². The number of benzene rings is 1. The molecule has 1 N–H and O–H groups in total. The molecule has 22 heavy (non-hydrogen) atoms. The Balaban J connectivity index is 2.14. The summed E-state index contributed by atoms with van der Waals surface area (Å²) in [6.45, 7) is 0.692. The molecule has 7 heteroatoms. The van der Waals surface area contributed by atoms with Crippen molar-refractivity contribution in [3.8, 4) is 0 Å². The molecule has 2 amide bonds. The van der Waals surface area contributed by atoms with Crippen molar-refractivity contribution in [2.75, 3.05) is 11.4 Å². The zero-order valence-electron chi connectivity index (χ0n) is 12.2. The summed E-state index contributed by atoms with van der Waals surface area (Å²) in [4.78, 5) is 24.4. The Hall–Kier alpha value is -2.05. The molecule has 1 saturated carbocycles. The number of halogens is 3. The fourth-order valence-electron chi connectivity index (χ4n) is 2.58. The first-order valence-electron chi connectivity index (χ1n) is 7.11. The maximum absolute atomic E-state index is 13.8. The van der Waals surface area contributed by atoms with Crippen molar-refractivity contribution >= 4 is 17.5 Å². The second kappa shape index (κ2) is 6.81. The highest BCUT2D eigenvalue weighted by Crippen LogP contribution is 2.24. The maximum atomic E-state index is 13.8. The lowest BCUT2D eigenvalue weighted by Gasteiger charge is -2.22. The van der Waals surface area contributed by atoms with Gasteiger partial charge in [-0.25, -0.2) is 13.2 Å². The van der Waals surface area contributed by atoms with Crippen LogP contribution in [-0.4, -0.2) is 24.4 Å². The molecule has 0 atom stereocenters. The van der Waals surface area contributed by atoms with Crippen LogP contribution in [0.2, 0.25) is 0 Å². The number of nitrogens with zero attached hydrogens (tertiary/aromatic N) is 1. The van der Waals surface area contributed by atoms with E-state index in [2.05, 4.69) is 5.32 Å². The van der Waals surface area contributed by atoms with E-state index >= 15 is 0 Å². The molecule has 1 fully saturated rings. The number of carbonyl (C=O) groups excluding carboxylic acids is 2. The van der Waals surface area contributed by atoms with Crippen LogP contribution >= 0.6 is 0 Å². The summed E-state index contributed by atoms with van der Waals surface area (Å²) in [5, 5.41) is 2.76. The van der Waals surface area contributed by atoms with E-state index in [0.29, 0.717) is 0 Å². The summed E-state index contributed by atoms with van der Waals surface area (Å²) in [6.07, 6.45) is 3.79. The molecule has 120 valence electrons. The standard InChI is InChI=1S/C15H17F3N2O2/c1-9(21)20(8-13(22)19-10-4-2-3-5-10)12-7-6-11(16)14(17)15(12)18/h6-7,10H,2-5,8H2,1H3,(H,19,22). The molecule has 2 rings (SSSR count). The summed E-state index contributed by atoms with van der Waals surface area (Å²) in [5.74, 6) is -5.58. The minimum Gasteiger partial charge on any atom is -0.352 e. The Bertz CT molecular complexity index is 586. The summed E-state index contributed by atoms with van der Waals surface area (Å²) < 4.78 is 40.0. The first-order valence-corrected chi connectivity index (χ1v) is 7.11. The van der Waals surface area contributed by atoms with E-state index in [1.165, 1.54) is 0 Å². The van der Waals surface area contributed by atoms with Gasteiger partial charge >= 0.3 is 0 Å². The van der Waals surface area contributed by atoms with Crippen LogP contribution in [0, 0.1) is 17.5 Å². The lowest BCUT2D eigenvalue weighted by Crippen LogP contribution is -2.43. The molecule has 1 aromatic carbocycles. The Kier molecular flexibility index (Phi) is 5.05. The molecule has 0 saturated heterocycles. The summed E-state index contributed by atoms with van der Waals surface area (Å²) >= 11 is 0. The van der Waals surface area contributed by atoms with E-state index < -0.39 is 41.5 Å². The highest BCUT2D eigenvalue weighted by atomic mass is 19.2. The summed E-state index contributed by atoms with van der Waals surface area (Å²) in [6, 6.07) is 1.72. The van der Waals surface area contributed by atoms with E-state index in [4.69, 9.17) is 0 Å². The molecule has 4 nitrogen and oxygen atoms in total. The number of hydrogen-bond donors (Lipinski definition) is 1. The molecule has 1 aromatic rings. The van der Waals surface area contributed by atoms with Crippen LogP contribution in [0.1, 0.15) is 32.6 Å². The smallest absolute Gasteiger partial charge is 0.240 e. The van der Waals surface area contributed by atoms with Gasteiger partial charge in [-0.2, -0.15) is 0 Å². The molecule has 1 aliphatic rings. The van der Waals surface area contributed by atoms with Crippen LogP contribution in [0.15, 0.2) is 12.1 Å². The topological polar surface area (TPSA) is 49.4 Å². The van der Waals surface area contributed by atoms with Gasteiger partial charge in [0, 0.05) is 13.0 Å². The van der Waals surface area contributed by atoms with Crippen LogP contribution < -0.4 is 10.2 Å². The second-order valence-electron chi connectivity index (χ2n) is 5.35. The number of anilines is 1. The summed E-state index contributed by atoms with van der Waals surface area (Å²) in [7, 11) is 0. The van der Waals surface area contributed by atoms with E-state index in [-0.39, 0.29) is 6.04 Å². The molecular formula is C15H17F3N2O2. The lowest BCUT2D eigenvalue weighted by atomic mass is 10.2. The third kappa shape index (κ3) is 3.58. The van der Waals surface area contributed by atoms with Crippen LogP contribution in [0.4, 0.5) is 18.9 Å². The van der Waals surface area contributed by atoms with Crippen molar-refractivity contribution in [1.82, 2.24) is 5.32 Å². The van der Waals surface area contributed by atoms with E-state index in [1.54, 1.807) is 0 Å². The minimum atomic E-state index is -1.67. The van der Waals surface area contributed by atoms with Crippen molar-refractivity contribution in [2.45, 2.75) is 38.6 Å². The highest BCUT2D eigenvalue weighted by molar-refractivity contribution is 5.97. The monoisotopic (exact) mass is 314 g/mol. The van der Waals surface area contributed by atoms with Crippen molar-refractivity contribution < 1.29 is 22.8 Å². The first-order chi connectivity index (χ1) is 10.4. The highest BCUT2D eigenvalue weighted by Gasteiger charge is 2.24. The van der Waals surface area contributed by atoms with Gasteiger partial charge in [0.2, 0.25) is 11.8 Å². The molecule has 0 bridgehead atoms. The van der Waals surface area contributed by atoms with Gasteiger partial charge in [0.25, 0.3) is 0 Å². The lowest BCUT2D eigenvalue weighted by molar-refractivity contribution is -0.123. The fourth-order valence-corrected chi connectivity index (χ4v) is 2.58. The predicted molar refractivity (Wildman–Crippen MR) is 74.7 cm³/mol. The SMILES string of the molecule is CC(=O)N(CC(=O)NC1CCCC1)c1ccc(F)c(F)c1F. The number of hydrogen-bond acceptors (Lipinski definition) is 2. The van der Waals surface area contributed by atoms with Crippen LogP contribution in [0.3, 0.4) is 0 Å². The van der Waals surface area contributed by atoms with Crippen LogP contribution in [0.25, 0.3) is 0 Å². The van der Waals surface area contributed by atoms with E-state index in [9.17, 15) is 22.8 Å². The number of amides is 2. The van der Waals surface area contributed by atoms with Gasteiger partial charge in [0.05, 0.1) is 5.69 Å². The summed E-state index contributed by atoms with van der Waals surface area (Å²) in [5.41, 5.74) is -0.451. The van der Waals surface area contributed by atoms with Crippen LogP contribution in [-0.2, 0) is 9.59 Å². The Labute approximate surface area is 126 Å². The van der Waals surface area contributed by atoms with Gasteiger partial charge in [0.1, 0.15) is 6.54 Å². The zero-order chi connectivity index (χ0) is 16.3. The van der Waals surface area contributed by atoms with Crippen molar-refractivity contribution in [2.24, 2.45) is 0 Å². The van der Waals surface area contributed by atoms with Crippen molar-refractivity contribution in [3.05, 3.63) is 29.6 Å². The van der Waals surface area contributed by atoms with Gasteiger partial charge in [-0.3, -0.25) is 9.59 Å². The molecular weight excluding hydrogens is 297 g/mol. The second-order valence-corrected chi connectivity index (χ2v) is 5.35. The molecule has 0 spiro atoms. The predicted octanol–water partition coefficient (Wildman–Crippen LogP) is 2.52. The van der Waals surface area contributed by atoms with Crippen molar-refractivity contribution in [3.63, 3.8) is 0 Å². The van der Waals surface area contributed by atoms with E-state index in [0.717, 1.165) is 49.6 Å². The molecule has 0 aromatic heterocycles. The Morgan fingerprint density at radius 2 is 1.82 bits per heavy atom. The van der Waals surface area contributed by atoms with Gasteiger partial charge in [-0.05, 0) is 25.0 Å². The largest absolute Gasteiger partial charge is 0.352 e. The Morgan fingerprint density at radius 3 is 2.41 bits per heavy atom. The van der Waals surface area contributed by atoms with Crippen LogP contribution in [0.5, 0.6) is 0 Å². The van der Waals surface area contributed by atoms with Gasteiger partial charge in [-0.1, -0.05) is 12.8 Å². The molecule has 0 heterocycles. The third-order valence-corrected chi connectivity index (χ3v) is 3.71. The maximum Gasteiger partial charge on any atom is 0.240 e.